The van der Waals surface area contributed by atoms with Gasteiger partial charge in [-0.1, -0.05) is 0 Å². The number of carbonyl (C=O) groups is 1. The molecule has 5 heteroatoms. The van der Waals surface area contributed by atoms with E-state index in [0.717, 1.165) is 0 Å². The molecule has 0 amide bonds. The van der Waals surface area contributed by atoms with E-state index in [1.165, 1.54) is 0 Å². The molecule has 0 unspecified atom stereocenters. The quantitative estimate of drug-likeness (QED) is 0.540. The summed E-state index contributed by atoms with van der Waals surface area (Å²) in [5.74, 6) is -0.968. The average molecular weight is 204 g/mol. The minimum absolute atomic E-state index is 0. The summed E-state index contributed by atoms with van der Waals surface area (Å²) in [5.41, 5.74) is 4.57. The van der Waals surface area contributed by atoms with Crippen LogP contribution in [0.2, 0.25) is 0 Å². The zero-order valence-corrected chi connectivity index (χ0v) is 7.56. The van der Waals surface area contributed by atoms with Crippen molar-refractivity contribution < 1.29 is 46.4 Å². The molecule has 0 aliphatic rings. The van der Waals surface area contributed by atoms with Crippen molar-refractivity contribution in [2.45, 2.75) is 0 Å². The Hall–Kier alpha value is 0.573. The smallest absolute Gasteiger partial charge is 0.317 e. The van der Waals surface area contributed by atoms with Crippen LogP contribution < -0.4 is 5.73 Å². The van der Waals surface area contributed by atoms with Crippen molar-refractivity contribution in [2.24, 2.45) is 5.73 Å². The second-order valence-corrected chi connectivity index (χ2v) is 0.598. The van der Waals surface area contributed by atoms with Gasteiger partial charge in [-0.3, -0.25) is 4.79 Å². The Morgan fingerprint density at radius 1 is 1.71 bits per heavy atom. The topological polar surface area (TPSA) is 63.3 Å². The van der Waals surface area contributed by atoms with Crippen LogP contribution in [0.25, 0.3) is 0 Å². The van der Waals surface area contributed by atoms with Gasteiger partial charge in [-0.05, 0) is 0 Å². The summed E-state index contributed by atoms with van der Waals surface area (Å²) in [7, 11) is 0. The van der Waals surface area contributed by atoms with E-state index in [-0.39, 0.29) is 43.1 Å². The maximum Gasteiger partial charge on any atom is 0.317 e. The molecule has 0 saturated carbocycles. The Bertz CT molecular complexity index is 51.0. The molecule has 0 aliphatic carbocycles. The third-order valence-corrected chi connectivity index (χ3v) is 0.175. The van der Waals surface area contributed by atoms with Crippen molar-refractivity contribution in [2.75, 3.05) is 6.54 Å². The second kappa shape index (κ2) is 9.76. The van der Waals surface area contributed by atoms with Crippen molar-refractivity contribution in [3.05, 3.63) is 0 Å². The maximum absolute atomic E-state index is 9.24. The fourth-order valence-corrected chi connectivity index (χ4v) is 0. The third kappa shape index (κ3) is 20.8. The fourth-order valence-electron chi connectivity index (χ4n) is 0. The number of carboxylic acid groups (broad SMARTS) is 1. The van der Waals surface area contributed by atoms with Gasteiger partial charge in [-0.2, -0.15) is 0 Å². The summed E-state index contributed by atoms with van der Waals surface area (Å²) < 4.78 is 0. The van der Waals surface area contributed by atoms with Gasteiger partial charge in [-0.15, -0.1) is 0 Å². The van der Waals surface area contributed by atoms with Crippen LogP contribution in [0, 0.1) is 0 Å². The molecule has 7 heavy (non-hydrogen) atoms. The number of carboxylic acids is 1. The minimum atomic E-state index is -0.968. The molecule has 43 valence electrons. The molecule has 0 spiro atoms. The molecule has 0 fully saturated rings. The SMILES string of the molecule is NCC(=O)O.[Cu].[Zn]. The molecular formula is C2H5CuNO2Zn. The van der Waals surface area contributed by atoms with Gasteiger partial charge >= 0.3 is 5.97 Å². The molecule has 0 saturated heterocycles. The van der Waals surface area contributed by atoms with E-state index in [4.69, 9.17) is 5.11 Å². The minimum Gasteiger partial charge on any atom is -0.480 e. The zero-order chi connectivity index (χ0) is 4.28. The molecule has 3 nitrogen and oxygen atoms in total. The molecule has 0 aromatic heterocycles. The molecule has 3 N–H and O–H groups in total. The van der Waals surface area contributed by atoms with Gasteiger partial charge in [0.2, 0.25) is 0 Å². The van der Waals surface area contributed by atoms with Gasteiger partial charge in [0.1, 0.15) is 0 Å². The van der Waals surface area contributed by atoms with Gasteiger partial charge in [0.15, 0.2) is 0 Å². The Morgan fingerprint density at radius 2 is 1.86 bits per heavy atom. The first-order valence-electron chi connectivity index (χ1n) is 1.19. The Morgan fingerprint density at radius 3 is 1.86 bits per heavy atom. The van der Waals surface area contributed by atoms with Crippen molar-refractivity contribution >= 4 is 5.97 Å². The van der Waals surface area contributed by atoms with Crippen LogP contribution in [-0.4, -0.2) is 17.6 Å². The van der Waals surface area contributed by atoms with Crippen LogP contribution in [0.15, 0.2) is 0 Å². The molecule has 0 heterocycles. The van der Waals surface area contributed by atoms with Crippen molar-refractivity contribution in [1.82, 2.24) is 0 Å². The standard InChI is InChI=1S/C2H5NO2.Cu.Zn/c3-1-2(4)5;;/h1,3H2,(H,4,5);;. The fraction of sp³-hybridized carbons (Fsp3) is 0.500. The van der Waals surface area contributed by atoms with E-state index in [9.17, 15) is 4.79 Å². The van der Waals surface area contributed by atoms with E-state index < -0.39 is 5.97 Å². The van der Waals surface area contributed by atoms with E-state index >= 15 is 0 Å². The Kier molecular flexibility index (Phi) is 21.8. The van der Waals surface area contributed by atoms with Gasteiger partial charge in [0.25, 0.3) is 0 Å². The first-order chi connectivity index (χ1) is 2.27. The third-order valence-electron chi connectivity index (χ3n) is 0.175. The predicted octanol–water partition coefficient (Wildman–Crippen LogP) is -0.975. The number of rotatable bonds is 1. The monoisotopic (exact) mass is 202 g/mol. The summed E-state index contributed by atoms with van der Waals surface area (Å²) in [4.78, 5) is 9.24. The van der Waals surface area contributed by atoms with Crippen molar-refractivity contribution in [3.8, 4) is 0 Å². The number of hydrogen-bond donors (Lipinski definition) is 2. The number of hydrogen-bond acceptors (Lipinski definition) is 2. The first-order valence-corrected chi connectivity index (χ1v) is 1.19. The van der Waals surface area contributed by atoms with Gasteiger partial charge in [-0.25, -0.2) is 0 Å². The van der Waals surface area contributed by atoms with Crippen LogP contribution in [0.1, 0.15) is 0 Å². The van der Waals surface area contributed by atoms with Gasteiger partial charge in [0.05, 0.1) is 6.54 Å². The van der Waals surface area contributed by atoms with Crippen LogP contribution >= 0.6 is 0 Å². The number of nitrogens with two attached hydrogens (primary N) is 1. The summed E-state index contributed by atoms with van der Waals surface area (Å²) in [5, 5.41) is 7.60. The van der Waals surface area contributed by atoms with E-state index in [0.29, 0.717) is 0 Å². The van der Waals surface area contributed by atoms with Crippen LogP contribution in [-0.2, 0) is 41.3 Å². The summed E-state index contributed by atoms with van der Waals surface area (Å²) >= 11 is 0. The molecule has 0 aliphatic heterocycles. The summed E-state index contributed by atoms with van der Waals surface area (Å²) in [6.45, 7) is -0.278. The Labute approximate surface area is 64.9 Å². The van der Waals surface area contributed by atoms with Crippen molar-refractivity contribution in [3.63, 3.8) is 0 Å². The summed E-state index contributed by atoms with van der Waals surface area (Å²) in [6.07, 6.45) is 0. The van der Waals surface area contributed by atoms with Crippen molar-refractivity contribution in [1.29, 1.82) is 0 Å². The second-order valence-electron chi connectivity index (χ2n) is 0.598. The molecule has 0 bridgehead atoms. The zero-order valence-electron chi connectivity index (χ0n) is 3.65. The predicted molar refractivity (Wildman–Crippen MR) is 16.7 cm³/mol. The van der Waals surface area contributed by atoms with Crippen LogP contribution in [0.4, 0.5) is 0 Å². The average Bonchev–Trinajstić information content (AvgIpc) is 1.38. The maximum atomic E-state index is 9.24. The largest absolute Gasteiger partial charge is 0.480 e. The molecule has 1 radical (unpaired) electrons. The first kappa shape index (κ1) is 15.6. The number of aliphatic carboxylic acids is 1. The Balaban J connectivity index is -0.0000000800. The molecule has 0 aromatic rings. The van der Waals surface area contributed by atoms with Crippen LogP contribution in [0.3, 0.4) is 0 Å². The molecular weight excluding hydrogens is 199 g/mol. The molecule has 0 atom stereocenters. The summed E-state index contributed by atoms with van der Waals surface area (Å²) in [6, 6.07) is 0. The van der Waals surface area contributed by atoms with Gasteiger partial charge < -0.3 is 10.8 Å². The van der Waals surface area contributed by atoms with E-state index in [1.807, 2.05) is 0 Å². The van der Waals surface area contributed by atoms with E-state index in [2.05, 4.69) is 5.73 Å². The van der Waals surface area contributed by atoms with E-state index in [1.54, 1.807) is 0 Å². The normalized spacial score (nSPS) is 5.29. The van der Waals surface area contributed by atoms with Gasteiger partial charge in [0, 0.05) is 36.5 Å². The molecule has 0 rings (SSSR count). The van der Waals surface area contributed by atoms with Crippen LogP contribution in [0.5, 0.6) is 0 Å². The molecule has 0 aromatic carbocycles.